The molecule has 19 heavy (non-hydrogen) atoms. The minimum absolute atomic E-state index is 0.211. The van der Waals surface area contributed by atoms with E-state index in [4.69, 9.17) is 0 Å². The predicted octanol–water partition coefficient (Wildman–Crippen LogP) is 3.72. The van der Waals surface area contributed by atoms with Crippen molar-refractivity contribution in [3.63, 3.8) is 0 Å². The van der Waals surface area contributed by atoms with Crippen LogP contribution in [0.5, 0.6) is 5.75 Å². The first-order valence-corrected chi connectivity index (χ1v) is 6.41. The Morgan fingerprint density at radius 1 is 1.05 bits per heavy atom. The highest BCUT2D eigenvalue weighted by Crippen LogP contribution is 2.35. The van der Waals surface area contributed by atoms with Crippen LogP contribution in [0.1, 0.15) is 24.9 Å². The van der Waals surface area contributed by atoms with Crippen molar-refractivity contribution >= 4 is 11.4 Å². The van der Waals surface area contributed by atoms with Crippen LogP contribution in [0.3, 0.4) is 0 Å². The molecule has 2 aromatic carbocycles. The summed E-state index contributed by atoms with van der Waals surface area (Å²) in [5, 5.41) is 16.1. The van der Waals surface area contributed by atoms with Crippen molar-refractivity contribution in [1.29, 1.82) is 0 Å². The molecular weight excluding hydrogens is 236 g/mol. The Balaban J connectivity index is 1.95. The van der Waals surface area contributed by atoms with Crippen LogP contribution < -0.4 is 5.01 Å². The zero-order valence-corrected chi connectivity index (χ0v) is 10.8. The maximum atomic E-state index is 9.39. The zero-order valence-electron chi connectivity index (χ0n) is 10.8. The van der Waals surface area contributed by atoms with E-state index < -0.39 is 0 Å². The number of para-hydroxylation sites is 1. The molecule has 0 spiro atoms. The van der Waals surface area contributed by atoms with Crippen LogP contribution >= 0.6 is 0 Å². The number of phenols is 1. The lowest BCUT2D eigenvalue weighted by Gasteiger charge is -2.24. The Morgan fingerprint density at radius 2 is 1.74 bits per heavy atom. The van der Waals surface area contributed by atoms with Gasteiger partial charge in [0, 0.05) is 12.1 Å². The van der Waals surface area contributed by atoms with Crippen molar-refractivity contribution in [3.8, 4) is 5.75 Å². The minimum atomic E-state index is 0.211. The van der Waals surface area contributed by atoms with E-state index >= 15 is 0 Å². The van der Waals surface area contributed by atoms with Crippen molar-refractivity contribution in [1.82, 2.24) is 0 Å². The molecule has 1 N–H and O–H groups in total. The average Bonchev–Trinajstić information content (AvgIpc) is 2.83. The fourth-order valence-corrected chi connectivity index (χ4v) is 2.43. The number of phenolic OH excluding ortho intramolecular Hbond substituents is 1. The average molecular weight is 252 g/mol. The molecule has 1 atom stereocenters. The number of hydrogen-bond acceptors (Lipinski definition) is 3. The van der Waals surface area contributed by atoms with Gasteiger partial charge in [0.2, 0.25) is 0 Å². The zero-order chi connectivity index (χ0) is 13.2. The quantitative estimate of drug-likeness (QED) is 0.884. The highest BCUT2D eigenvalue weighted by atomic mass is 16.3. The number of hydrogen-bond donors (Lipinski definition) is 1. The molecule has 0 saturated heterocycles. The van der Waals surface area contributed by atoms with E-state index in [2.05, 4.69) is 29.2 Å². The first-order chi connectivity index (χ1) is 9.24. The number of aromatic hydroxyl groups is 1. The molecular formula is C16H16N2O. The molecule has 0 radical (unpaired) electrons. The molecule has 96 valence electrons. The van der Waals surface area contributed by atoms with Gasteiger partial charge in [-0.05, 0) is 36.8 Å². The number of rotatable bonds is 2. The van der Waals surface area contributed by atoms with Gasteiger partial charge >= 0.3 is 0 Å². The van der Waals surface area contributed by atoms with Gasteiger partial charge in [0.1, 0.15) is 5.75 Å². The molecule has 0 fully saturated rings. The number of nitrogens with zero attached hydrogens (tertiary/aromatic N) is 2. The van der Waals surface area contributed by atoms with E-state index in [9.17, 15) is 5.11 Å². The normalized spacial score (nSPS) is 18.5. The van der Waals surface area contributed by atoms with E-state index in [1.165, 1.54) is 5.56 Å². The summed E-state index contributed by atoms with van der Waals surface area (Å²) in [6.07, 6.45) is 0.916. The molecule has 1 aliphatic rings. The van der Waals surface area contributed by atoms with Gasteiger partial charge < -0.3 is 5.11 Å². The number of hydrazone groups is 1. The Kier molecular flexibility index (Phi) is 2.95. The summed E-state index contributed by atoms with van der Waals surface area (Å²) in [6, 6.07) is 17.8. The lowest BCUT2D eigenvalue weighted by atomic mass is 10.0. The van der Waals surface area contributed by atoms with Gasteiger partial charge in [-0.1, -0.05) is 30.3 Å². The molecule has 1 unspecified atom stereocenters. The molecule has 0 amide bonds. The van der Waals surface area contributed by atoms with Gasteiger partial charge in [-0.25, -0.2) is 0 Å². The minimum Gasteiger partial charge on any atom is -0.508 e. The fraction of sp³-hybridized carbons (Fsp3) is 0.188. The highest BCUT2D eigenvalue weighted by Gasteiger charge is 2.26. The summed E-state index contributed by atoms with van der Waals surface area (Å²) >= 11 is 0. The van der Waals surface area contributed by atoms with Crippen LogP contribution in [0.4, 0.5) is 5.69 Å². The van der Waals surface area contributed by atoms with E-state index in [1.807, 2.05) is 30.3 Å². The van der Waals surface area contributed by atoms with Gasteiger partial charge in [0.25, 0.3) is 0 Å². The van der Waals surface area contributed by atoms with E-state index in [-0.39, 0.29) is 6.04 Å². The fourth-order valence-electron chi connectivity index (χ4n) is 2.43. The van der Waals surface area contributed by atoms with Gasteiger partial charge in [0.15, 0.2) is 0 Å². The lowest BCUT2D eigenvalue weighted by Crippen LogP contribution is -2.18. The van der Waals surface area contributed by atoms with Gasteiger partial charge in [-0.15, -0.1) is 0 Å². The van der Waals surface area contributed by atoms with Crippen LogP contribution in [-0.2, 0) is 0 Å². The van der Waals surface area contributed by atoms with Crippen molar-refractivity contribution in [2.75, 3.05) is 5.01 Å². The van der Waals surface area contributed by atoms with Gasteiger partial charge in [0.05, 0.1) is 11.7 Å². The van der Waals surface area contributed by atoms with Crippen LogP contribution in [-0.4, -0.2) is 10.8 Å². The number of benzene rings is 2. The third-order valence-electron chi connectivity index (χ3n) is 3.36. The van der Waals surface area contributed by atoms with Crippen molar-refractivity contribution < 1.29 is 5.11 Å². The first kappa shape index (κ1) is 11.8. The second-order valence-corrected chi connectivity index (χ2v) is 4.83. The maximum Gasteiger partial charge on any atom is 0.115 e. The summed E-state index contributed by atoms with van der Waals surface area (Å²) in [5.74, 6) is 0.297. The monoisotopic (exact) mass is 252 g/mol. The second-order valence-electron chi connectivity index (χ2n) is 4.83. The third-order valence-corrected chi connectivity index (χ3v) is 3.36. The molecule has 3 heteroatoms. The molecule has 1 heterocycles. The summed E-state index contributed by atoms with van der Waals surface area (Å²) in [7, 11) is 0. The molecule has 1 aliphatic heterocycles. The molecule has 0 aromatic heterocycles. The molecule has 0 bridgehead atoms. The Bertz CT molecular complexity index is 590. The SMILES string of the molecule is CC1=NN(c2ccccc2)C(c2ccc(O)cc2)C1. The van der Waals surface area contributed by atoms with Crippen LogP contribution in [0.15, 0.2) is 59.7 Å². The second kappa shape index (κ2) is 4.76. The largest absolute Gasteiger partial charge is 0.508 e. The summed E-state index contributed by atoms with van der Waals surface area (Å²) < 4.78 is 0. The first-order valence-electron chi connectivity index (χ1n) is 6.41. The van der Waals surface area contributed by atoms with Crippen molar-refractivity contribution in [2.24, 2.45) is 5.10 Å². The summed E-state index contributed by atoms with van der Waals surface area (Å²) in [5.41, 5.74) is 3.39. The van der Waals surface area contributed by atoms with Crippen LogP contribution in [0, 0.1) is 0 Å². The van der Waals surface area contributed by atoms with E-state index in [0.29, 0.717) is 5.75 Å². The van der Waals surface area contributed by atoms with E-state index in [1.54, 1.807) is 12.1 Å². The topological polar surface area (TPSA) is 35.8 Å². The summed E-state index contributed by atoms with van der Waals surface area (Å²) in [6.45, 7) is 2.05. The Morgan fingerprint density at radius 3 is 2.42 bits per heavy atom. The Hall–Kier alpha value is -2.29. The van der Waals surface area contributed by atoms with Gasteiger partial charge in [-0.2, -0.15) is 5.10 Å². The van der Waals surface area contributed by atoms with Crippen molar-refractivity contribution in [2.45, 2.75) is 19.4 Å². The maximum absolute atomic E-state index is 9.39. The summed E-state index contributed by atoms with van der Waals surface area (Å²) in [4.78, 5) is 0. The van der Waals surface area contributed by atoms with Gasteiger partial charge in [-0.3, -0.25) is 5.01 Å². The standard InChI is InChI=1S/C16H16N2O/c1-12-11-16(13-7-9-15(19)10-8-13)18(17-12)14-5-3-2-4-6-14/h2-10,16,19H,11H2,1H3. The smallest absolute Gasteiger partial charge is 0.115 e. The predicted molar refractivity (Wildman–Crippen MR) is 77.5 cm³/mol. The van der Waals surface area contributed by atoms with Crippen molar-refractivity contribution in [3.05, 3.63) is 60.2 Å². The third kappa shape index (κ3) is 2.32. The molecule has 3 rings (SSSR count). The number of anilines is 1. The van der Waals surface area contributed by atoms with E-state index in [0.717, 1.165) is 17.8 Å². The molecule has 3 nitrogen and oxygen atoms in total. The molecule has 0 aliphatic carbocycles. The molecule has 2 aromatic rings. The molecule has 0 saturated carbocycles. The highest BCUT2D eigenvalue weighted by molar-refractivity contribution is 5.86. The lowest BCUT2D eigenvalue weighted by molar-refractivity contribution is 0.475. The van der Waals surface area contributed by atoms with Crippen LogP contribution in [0.25, 0.3) is 0 Å². The Labute approximate surface area is 112 Å². The van der Waals surface area contributed by atoms with Crippen LogP contribution in [0.2, 0.25) is 0 Å².